The molecular formula is C15H20ClN3O2. The van der Waals surface area contributed by atoms with Crippen LogP contribution in [-0.4, -0.2) is 24.4 Å². The lowest BCUT2D eigenvalue weighted by Gasteiger charge is -2.19. The van der Waals surface area contributed by atoms with E-state index in [0.717, 1.165) is 24.1 Å². The number of carbonyl (C=O) groups is 2. The van der Waals surface area contributed by atoms with Crippen molar-refractivity contribution in [1.82, 2.24) is 5.32 Å². The van der Waals surface area contributed by atoms with Gasteiger partial charge in [0.2, 0.25) is 5.91 Å². The molecule has 0 bridgehead atoms. The molecule has 1 atom stereocenters. The molecule has 21 heavy (non-hydrogen) atoms. The van der Waals surface area contributed by atoms with Gasteiger partial charge in [0, 0.05) is 30.3 Å². The second-order valence-corrected chi connectivity index (χ2v) is 5.57. The summed E-state index contributed by atoms with van der Waals surface area (Å²) < 4.78 is 0. The van der Waals surface area contributed by atoms with Gasteiger partial charge in [0.05, 0.1) is 0 Å². The van der Waals surface area contributed by atoms with Crippen LogP contribution in [0.25, 0.3) is 0 Å². The smallest absolute Gasteiger partial charge is 0.251 e. The van der Waals surface area contributed by atoms with E-state index < -0.39 is 0 Å². The SMILES string of the molecule is Cl.NCC(NC(=O)c1ccc2c(c1)CCC(=O)N2)C1CC1. The Kier molecular flexibility index (Phi) is 4.85. The summed E-state index contributed by atoms with van der Waals surface area (Å²) >= 11 is 0. The molecule has 0 radical (unpaired) electrons. The predicted octanol–water partition coefficient (Wildman–Crippen LogP) is 1.46. The second kappa shape index (κ2) is 6.45. The van der Waals surface area contributed by atoms with Crippen LogP contribution in [0.4, 0.5) is 5.69 Å². The molecule has 1 heterocycles. The molecule has 0 spiro atoms. The first kappa shape index (κ1) is 15.8. The van der Waals surface area contributed by atoms with Crippen LogP contribution in [0.2, 0.25) is 0 Å². The summed E-state index contributed by atoms with van der Waals surface area (Å²) in [6, 6.07) is 5.50. The molecule has 4 N–H and O–H groups in total. The molecule has 1 saturated carbocycles. The van der Waals surface area contributed by atoms with Gasteiger partial charge in [-0.1, -0.05) is 0 Å². The van der Waals surface area contributed by atoms with Crippen LogP contribution in [0, 0.1) is 5.92 Å². The Balaban J connectivity index is 0.00000161. The molecule has 1 fully saturated rings. The zero-order valence-electron chi connectivity index (χ0n) is 11.7. The molecule has 0 aromatic heterocycles. The number of nitrogens with two attached hydrogens (primary N) is 1. The monoisotopic (exact) mass is 309 g/mol. The van der Waals surface area contributed by atoms with E-state index in [4.69, 9.17) is 5.73 Å². The fourth-order valence-corrected chi connectivity index (χ4v) is 2.64. The average molecular weight is 310 g/mol. The molecule has 3 rings (SSSR count). The lowest BCUT2D eigenvalue weighted by molar-refractivity contribution is -0.116. The Morgan fingerprint density at radius 2 is 2.14 bits per heavy atom. The number of amides is 2. The van der Waals surface area contributed by atoms with Crippen LogP contribution in [0.15, 0.2) is 18.2 Å². The Morgan fingerprint density at radius 1 is 1.38 bits per heavy atom. The van der Waals surface area contributed by atoms with Crippen molar-refractivity contribution in [3.8, 4) is 0 Å². The summed E-state index contributed by atoms with van der Waals surface area (Å²) in [6.07, 6.45) is 3.47. The highest BCUT2D eigenvalue weighted by Crippen LogP contribution is 2.32. The maximum atomic E-state index is 12.2. The average Bonchev–Trinajstić information content (AvgIpc) is 3.28. The van der Waals surface area contributed by atoms with Crippen LogP contribution < -0.4 is 16.4 Å². The van der Waals surface area contributed by atoms with Crippen molar-refractivity contribution in [3.05, 3.63) is 29.3 Å². The Morgan fingerprint density at radius 3 is 2.81 bits per heavy atom. The molecule has 114 valence electrons. The zero-order chi connectivity index (χ0) is 14.1. The number of hydrogen-bond acceptors (Lipinski definition) is 3. The summed E-state index contributed by atoms with van der Waals surface area (Å²) in [6.45, 7) is 0.484. The van der Waals surface area contributed by atoms with E-state index in [1.807, 2.05) is 6.07 Å². The number of aryl methyl sites for hydroxylation is 1. The minimum absolute atomic E-state index is 0. The van der Waals surface area contributed by atoms with Crippen LogP contribution >= 0.6 is 12.4 Å². The van der Waals surface area contributed by atoms with E-state index in [2.05, 4.69) is 10.6 Å². The van der Waals surface area contributed by atoms with E-state index in [-0.39, 0.29) is 30.3 Å². The van der Waals surface area contributed by atoms with Crippen LogP contribution in [-0.2, 0) is 11.2 Å². The molecule has 1 aliphatic heterocycles. The third kappa shape index (κ3) is 3.54. The first-order valence-electron chi connectivity index (χ1n) is 7.11. The standard InChI is InChI=1S/C15H19N3O2.ClH/c16-8-13(9-1-2-9)18-15(20)11-3-5-12-10(7-11)4-6-14(19)17-12;/h3,5,7,9,13H,1-2,4,6,8,16H2,(H,17,19)(H,18,20);1H. The van der Waals surface area contributed by atoms with Crippen molar-refractivity contribution in [1.29, 1.82) is 0 Å². The quantitative estimate of drug-likeness (QED) is 0.787. The van der Waals surface area contributed by atoms with Gasteiger partial charge in [-0.25, -0.2) is 0 Å². The minimum Gasteiger partial charge on any atom is -0.348 e. The first-order chi connectivity index (χ1) is 9.67. The highest BCUT2D eigenvalue weighted by molar-refractivity contribution is 5.98. The first-order valence-corrected chi connectivity index (χ1v) is 7.11. The molecule has 1 aromatic carbocycles. The topological polar surface area (TPSA) is 84.2 Å². The van der Waals surface area contributed by atoms with Crippen molar-refractivity contribution in [2.75, 3.05) is 11.9 Å². The normalized spacial score (nSPS) is 18.0. The maximum Gasteiger partial charge on any atom is 0.251 e. The number of carbonyl (C=O) groups excluding carboxylic acids is 2. The molecule has 1 aromatic rings. The number of fused-ring (bicyclic) bond motifs is 1. The number of hydrogen-bond donors (Lipinski definition) is 3. The number of nitrogens with one attached hydrogen (secondary N) is 2. The fourth-order valence-electron chi connectivity index (χ4n) is 2.64. The van der Waals surface area contributed by atoms with E-state index >= 15 is 0 Å². The summed E-state index contributed by atoms with van der Waals surface area (Å²) in [5, 5.41) is 5.82. The second-order valence-electron chi connectivity index (χ2n) is 5.57. The highest BCUT2D eigenvalue weighted by atomic mass is 35.5. The van der Waals surface area contributed by atoms with Gasteiger partial charge in [-0.3, -0.25) is 9.59 Å². The maximum absolute atomic E-state index is 12.2. The van der Waals surface area contributed by atoms with Gasteiger partial charge in [-0.2, -0.15) is 0 Å². The summed E-state index contributed by atoms with van der Waals surface area (Å²) in [5.74, 6) is 0.500. The van der Waals surface area contributed by atoms with Crippen molar-refractivity contribution in [3.63, 3.8) is 0 Å². The van der Waals surface area contributed by atoms with Gasteiger partial charge in [0.1, 0.15) is 0 Å². The molecule has 2 aliphatic rings. The number of benzene rings is 1. The summed E-state index contributed by atoms with van der Waals surface area (Å²) in [7, 11) is 0. The Hall–Kier alpha value is -1.59. The van der Waals surface area contributed by atoms with E-state index in [0.29, 0.717) is 30.9 Å². The molecule has 5 nitrogen and oxygen atoms in total. The Bertz CT molecular complexity index is 558. The highest BCUT2D eigenvalue weighted by Gasteiger charge is 2.31. The molecule has 2 amide bonds. The third-order valence-corrected chi connectivity index (χ3v) is 4.02. The van der Waals surface area contributed by atoms with E-state index in [9.17, 15) is 9.59 Å². The van der Waals surface area contributed by atoms with Crippen molar-refractivity contribution in [2.24, 2.45) is 11.7 Å². The van der Waals surface area contributed by atoms with Gasteiger partial charge >= 0.3 is 0 Å². The van der Waals surface area contributed by atoms with Crippen molar-refractivity contribution in [2.45, 2.75) is 31.7 Å². The third-order valence-electron chi connectivity index (χ3n) is 4.02. The number of anilines is 1. The largest absolute Gasteiger partial charge is 0.348 e. The molecule has 6 heteroatoms. The van der Waals surface area contributed by atoms with Gasteiger partial charge in [-0.05, 0) is 48.9 Å². The molecular weight excluding hydrogens is 290 g/mol. The Labute approximate surface area is 130 Å². The zero-order valence-corrected chi connectivity index (χ0v) is 12.5. The van der Waals surface area contributed by atoms with Gasteiger partial charge in [-0.15, -0.1) is 12.4 Å². The van der Waals surface area contributed by atoms with Gasteiger partial charge in [0.15, 0.2) is 0 Å². The van der Waals surface area contributed by atoms with Gasteiger partial charge < -0.3 is 16.4 Å². The molecule has 1 aliphatic carbocycles. The predicted molar refractivity (Wildman–Crippen MR) is 83.7 cm³/mol. The van der Waals surface area contributed by atoms with E-state index in [1.54, 1.807) is 12.1 Å². The van der Waals surface area contributed by atoms with Crippen LogP contribution in [0.5, 0.6) is 0 Å². The number of halogens is 1. The van der Waals surface area contributed by atoms with Gasteiger partial charge in [0.25, 0.3) is 5.91 Å². The van der Waals surface area contributed by atoms with Crippen molar-refractivity contribution < 1.29 is 9.59 Å². The molecule has 1 unspecified atom stereocenters. The fraction of sp³-hybridized carbons (Fsp3) is 0.467. The molecule has 0 saturated heterocycles. The summed E-state index contributed by atoms with van der Waals surface area (Å²) in [4.78, 5) is 23.5. The number of rotatable bonds is 4. The minimum atomic E-state index is -0.0768. The van der Waals surface area contributed by atoms with E-state index in [1.165, 1.54) is 0 Å². The van der Waals surface area contributed by atoms with Crippen LogP contribution in [0.1, 0.15) is 35.2 Å². The lowest BCUT2D eigenvalue weighted by atomic mass is 10.00. The lowest BCUT2D eigenvalue weighted by Crippen LogP contribution is -2.41. The van der Waals surface area contributed by atoms with Crippen molar-refractivity contribution >= 4 is 29.9 Å². The van der Waals surface area contributed by atoms with Crippen LogP contribution in [0.3, 0.4) is 0 Å². The summed E-state index contributed by atoms with van der Waals surface area (Å²) in [5.41, 5.74) is 8.18.